The zero-order valence-corrected chi connectivity index (χ0v) is 16.0. The zero-order valence-electron chi connectivity index (χ0n) is 16.0. The molecule has 1 N–H and O–H groups in total. The van der Waals surface area contributed by atoms with E-state index >= 15 is 0 Å². The average molecular weight is 376 g/mol. The number of nitrogens with zero attached hydrogens (tertiary/aromatic N) is 4. The van der Waals surface area contributed by atoms with Gasteiger partial charge in [-0.1, -0.05) is 24.3 Å². The molecule has 2 aromatic heterocycles. The van der Waals surface area contributed by atoms with E-state index in [0.29, 0.717) is 11.4 Å². The van der Waals surface area contributed by atoms with E-state index in [9.17, 15) is 4.79 Å². The van der Waals surface area contributed by atoms with E-state index in [1.54, 1.807) is 12.4 Å². The van der Waals surface area contributed by atoms with Crippen LogP contribution < -0.4 is 0 Å². The van der Waals surface area contributed by atoms with Gasteiger partial charge in [-0.25, -0.2) is 9.78 Å². The monoisotopic (exact) mass is 376 g/mol. The Morgan fingerprint density at radius 1 is 1.18 bits per heavy atom. The molecule has 144 valence electrons. The highest BCUT2D eigenvalue weighted by molar-refractivity contribution is 5.88. The van der Waals surface area contributed by atoms with Crippen molar-refractivity contribution in [3.8, 4) is 11.4 Å². The average Bonchev–Trinajstić information content (AvgIpc) is 3.44. The summed E-state index contributed by atoms with van der Waals surface area (Å²) in [5.74, 6) is -0.164. The Hall–Kier alpha value is -2.99. The van der Waals surface area contributed by atoms with Gasteiger partial charge in [0.05, 0.1) is 17.6 Å². The fourth-order valence-corrected chi connectivity index (χ4v) is 3.31. The Morgan fingerprint density at radius 3 is 2.68 bits per heavy atom. The number of rotatable bonds is 8. The van der Waals surface area contributed by atoms with Gasteiger partial charge >= 0.3 is 5.97 Å². The summed E-state index contributed by atoms with van der Waals surface area (Å²) in [6, 6.07) is 12.0. The summed E-state index contributed by atoms with van der Waals surface area (Å²) in [5.41, 5.74) is 4.27. The number of carboxylic acid groups (broad SMARTS) is 1. The van der Waals surface area contributed by atoms with Crippen molar-refractivity contribution in [2.24, 2.45) is 0 Å². The molecule has 1 fully saturated rings. The summed E-state index contributed by atoms with van der Waals surface area (Å²) in [7, 11) is 2.12. The molecule has 0 amide bonds. The van der Waals surface area contributed by atoms with Crippen molar-refractivity contribution < 1.29 is 9.90 Å². The molecule has 0 unspecified atom stereocenters. The second-order valence-electron chi connectivity index (χ2n) is 7.49. The molecular weight excluding hydrogens is 352 g/mol. The Morgan fingerprint density at radius 2 is 1.96 bits per heavy atom. The highest BCUT2D eigenvalue weighted by Crippen LogP contribution is 2.39. The van der Waals surface area contributed by atoms with Crippen molar-refractivity contribution in [3.05, 3.63) is 71.8 Å². The molecule has 2 heterocycles. The number of hydrogen-bond donors (Lipinski definition) is 1. The highest BCUT2D eigenvalue weighted by Gasteiger charge is 2.22. The lowest BCUT2D eigenvalue weighted by Crippen LogP contribution is -2.22. The topological polar surface area (TPSA) is 71.2 Å². The Balaban J connectivity index is 1.32. The molecule has 0 spiro atoms. The number of hydrogen-bond acceptors (Lipinski definition) is 4. The SMILES string of the molecule is CN(CCn1cnc(-c2cc(C(=O)O)ccn2)c1)Cc1ccc(C2CC2)cc1. The molecule has 1 aliphatic rings. The maximum Gasteiger partial charge on any atom is 0.335 e. The fraction of sp³-hybridized carbons (Fsp3) is 0.318. The number of likely N-dealkylation sites (N-methyl/N-ethyl adjacent to an activating group) is 1. The number of imidazole rings is 1. The van der Waals surface area contributed by atoms with Crippen LogP contribution in [0.2, 0.25) is 0 Å². The van der Waals surface area contributed by atoms with Crippen LogP contribution in [0.3, 0.4) is 0 Å². The molecule has 4 rings (SSSR count). The summed E-state index contributed by atoms with van der Waals surface area (Å²) < 4.78 is 2.01. The third kappa shape index (κ3) is 4.46. The molecule has 0 radical (unpaired) electrons. The molecule has 1 saturated carbocycles. The van der Waals surface area contributed by atoms with E-state index in [1.807, 2.05) is 10.8 Å². The standard InChI is InChI=1S/C22H24N4O2/c1-25(13-16-2-4-17(5-3-16)18-6-7-18)10-11-26-14-21(24-15-26)20-12-19(22(27)28)8-9-23-20/h2-5,8-9,12,14-15,18H,6-7,10-11,13H2,1H3,(H,27,28). The van der Waals surface area contributed by atoms with Gasteiger partial charge in [0.2, 0.25) is 0 Å². The number of aromatic nitrogens is 3. The molecule has 6 heteroatoms. The van der Waals surface area contributed by atoms with Crippen molar-refractivity contribution in [2.75, 3.05) is 13.6 Å². The lowest BCUT2D eigenvalue weighted by atomic mass is 10.1. The molecule has 0 saturated heterocycles. The van der Waals surface area contributed by atoms with Crippen LogP contribution in [0.4, 0.5) is 0 Å². The predicted molar refractivity (Wildman–Crippen MR) is 107 cm³/mol. The Kier molecular flexibility index (Phi) is 5.21. The summed E-state index contributed by atoms with van der Waals surface area (Å²) in [6.07, 6.45) is 7.85. The Bertz CT molecular complexity index is 961. The summed E-state index contributed by atoms with van der Waals surface area (Å²) in [6.45, 7) is 2.61. The summed E-state index contributed by atoms with van der Waals surface area (Å²) >= 11 is 0. The van der Waals surface area contributed by atoms with Crippen LogP contribution in [0, 0.1) is 0 Å². The van der Waals surface area contributed by atoms with Crippen molar-refractivity contribution in [2.45, 2.75) is 31.8 Å². The quantitative estimate of drug-likeness (QED) is 0.650. The smallest absolute Gasteiger partial charge is 0.335 e. The molecule has 6 nitrogen and oxygen atoms in total. The van der Waals surface area contributed by atoms with Gasteiger partial charge in [-0.05, 0) is 49.1 Å². The molecule has 28 heavy (non-hydrogen) atoms. The molecule has 3 aromatic rings. The van der Waals surface area contributed by atoms with Gasteiger partial charge < -0.3 is 14.6 Å². The van der Waals surface area contributed by atoms with Crippen LogP contribution in [0.15, 0.2) is 55.1 Å². The summed E-state index contributed by atoms with van der Waals surface area (Å²) in [4.78, 5) is 22.0. The van der Waals surface area contributed by atoms with Gasteiger partial charge in [-0.15, -0.1) is 0 Å². The number of pyridine rings is 1. The van der Waals surface area contributed by atoms with Crippen LogP contribution in [-0.4, -0.2) is 44.1 Å². The van der Waals surface area contributed by atoms with Gasteiger partial charge in [-0.2, -0.15) is 0 Å². The molecule has 1 aromatic carbocycles. The number of carbonyl (C=O) groups is 1. The highest BCUT2D eigenvalue weighted by atomic mass is 16.4. The van der Waals surface area contributed by atoms with E-state index in [-0.39, 0.29) is 5.56 Å². The second-order valence-corrected chi connectivity index (χ2v) is 7.49. The predicted octanol–water partition coefficient (Wildman–Crippen LogP) is 3.65. The first kappa shape index (κ1) is 18.4. The van der Waals surface area contributed by atoms with Gasteiger partial charge in [0, 0.05) is 32.0 Å². The lowest BCUT2D eigenvalue weighted by Gasteiger charge is -2.17. The molecular formula is C22H24N4O2. The fourth-order valence-electron chi connectivity index (χ4n) is 3.31. The van der Waals surface area contributed by atoms with Crippen LogP contribution in [0.5, 0.6) is 0 Å². The largest absolute Gasteiger partial charge is 0.478 e. The minimum absolute atomic E-state index is 0.215. The van der Waals surface area contributed by atoms with Crippen molar-refractivity contribution >= 4 is 5.97 Å². The first-order valence-corrected chi connectivity index (χ1v) is 9.57. The van der Waals surface area contributed by atoms with Crippen molar-refractivity contribution in [1.29, 1.82) is 0 Å². The van der Waals surface area contributed by atoms with Gasteiger partial charge in [0.25, 0.3) is 0 Å². The van der Waals surface area contributed by atoms with Gasteiger partial charge in [0.15, 0.2) is 0 Å². The molecule has 0 aliphatic heterocycles. The first-order valence-electron chi connectivity index (χ1n) is 9.57. The normalized spacial score (nSPS) is 13.8. The van der Waals surface area contributed by atoms with E-state index in [4.69, 9.17) is 5.11 Å². The minimum Gasteiger partial charge on any atom is -0.478 e. The van der Waals surface area contributed by atoms with Crippen LogP contribution in [0.25, 0.3) is 11.4 Å². The number of carboxylic acids is 1. The zero-order chi connectivity index (χ0) is 19.5. The summed E-state index contributed by atoms with van der Waals surface area (Å²) in [5, 5.41) is 9.11. The maximum atomic E-state index is 11.1. The van der Waals surface area contributed by atoms with E-state index in [0.717, 1.165) is 25.6 Å². The molecule has 0 atom stereocenters. The lowest BCUT2D eigenvalue weighted by molar-refractivity contribution is 0.0697. The van der Waals surface area contributed by atoms with E-state index < -0.39 is 5.97 Å². The Labute approximate surface area is 164 Å². The van der Waals surface area contributed by atoms with Gasteiger partial charge in [0.1, 0.15) is 5.69 Å². The second kappa shape index (κ2) is 7.94. The molecule has 1 aliphatic carbocycles. The van der Waals surface area contributed by atoms with Crippen LogP contribution >= 0.6 is 0 Å². The third-order valence-corrected chi connectivity index (χ3v) is 5.12. The minimum atomic E-state index is -0.963. The van der Waals surface area contributed by atoms with Crippen LogP contribution in [0.1, 0.15) is 40.2 Å². The first-order chi connectivity index (χ1) is 13.6. The van der Waals surface area contributed by atoms with E-state index in [2.05, 4.69) is 46.2 Å². The van der Waals surface area contributed by atoms with Crippen LogP contribution in [-0.2, 0) is 13.1 Å². The third-order valence-electron chi connectivity index (χ3n) is 5.12. The number of aromatic carboxylic acids is 1. The van der Waals surface area contributed by atoms with Crippen molar-refractivity contribution in [1.82, 2.24) is 19.4 Å². The molecule has 0 bridgehead atoms. The van der Waals surface area contributed by atoms with Gasteiger partial charge in [-0.3, -0.25) is 4.98 Å². The number of benzene rings is 1. The maximum absolute atomic E-state index is 11.1. The van der Waals surface area contributed by atoms with Crippen molar-refractivity contribution in [3.63, 3.8) is 0 Å². The van der Waals surface area contributed by atoms with E-state index in [1.165, 1.54) is 36.2 Å².